The number of fused-ring (bicyclic) bond motifs is 1. The number of ether oxygens (including phenoxy) is 1. The molecule has 5 rings (SSSR count). The zero-order chi connectivity index (χ0) is 21.9. The average molecular weight is 428 g/mol. The fourth-order valence-corrected chi connectivity index (χ4v) is 3.89. The van der Waals surface area contributed by atoms with Crippen LogP contribution in [-0.4, -0.2) is 44.6 Å². The number of carbonyl (C=O) groups is 1. The first-order valence-corrected chi connectivity index (χ1v) is 10.7. The Kier molecular flexibility index (Phi) is 5.51. The summed E-state index contributed by atoms with van der Waals surface area (Å²) in [7, 11) is 1.96. The molecule has 8 heteroatoms. The minimum atomic E-state index is -0.253. The number of carbonyl (C=O) groups excluding carboxylic acids is 1. The van der Waals surface area contributed by atoms with Gasteiger partial charge in [0.1, 0.15) is 11.9 Å². The third-order valence-corrected chi connectivity index (χ3v) is 5.65. The molecule has 32 heavy (non-hydrogen) atoms. The van der Waals surface area contributed by atoms with Crippen LogP contribution in [0.3, 0.4) is 0 Å². The van der Waals surface area contributed by atoms with E-state index in [-0.39, 0.29) is 12.0 Å². The number of piperidine rings is 1. The number of imidazole rings is 1. The highest BCUT2D eigenvalue weighted by molar-refractivity contribution is 6.04. The summed E-state index contributed by atoms with van der Waals surface area (Å²) in [4.78, 5) is 25.7. The Morgan fingerprint density at radius 3 is 2.78 bits per heavy atom. The number of benzene rings is 1. The molecular weight excluding hydrogens is 404 g/mol. The van der Waals surface area contributed by atoms with Gasteiger partial charge in [-0.25, -0.2) is 15.0 Å². The van der Waals surface area contributed by atoms with Gasteiger partial charge in [0.15, 0.2) is 0 Å². The quantitative estimate of drug-likeness (QED) is 0.506. The predicted molar refractivity (Wildman–Crippen MR) is 123 cm³/mol. The Bertz CT molecular complexity index is 1260. The molecule has 1 aliphatic heterocycles. The van der Waals surface area contributed by atoms with E-state index in [2.05, 4.69) is 31.7 Å². The lowest BCUT2D eigenvalue weighted by Gasteiger charge is -2.23. The van der Waals surface area contributed by atoms with Crippen molar-refractivity contribution in [1.82, 2.24) is 24.8 Å². The normalized spacial score (nSPS) is 14.4. The summed E-state index contributed by atoms with van der Waals surface area (Å²) in [6, 6.07) is 11.4. The SMILES string of the molecule is Cn1cncc1-c1ccc2cnc(NC(=O)c3ccnc(OC4CCNCC4)c3)cc2c1. The number of hydrogen-bond donors (Lipinski definition) is 2. The smallest absolute Gasteiger partial charge is 0.257 e. The Morgan fingerprint density at radius 2 is 1.97 bits per heavy atom. The fraction of sp³-hybridized carbons (Fsp3) is 0.250. The standard InChI is InChI=1S/C24H24N6O2/c1-30-15-26-14-21(30)16-2-3-18-13-28-22(11-19(18)10-16)29-24(31)17-4-9-27-23(12-17)32-20-5-7-25-8-6-20/h2-4,9-15,20,25H,5-8H2,1H3,(H,28,29,31). The zero-order valence-electron chi connectivity index (χ0n) is 17.8. The molecule has 8 nitrogen and oxygen atoms in total. The molecule has 162 valence electrons. The maximum Gasteiger partial charge on any atom is 0.257 e. The zero-order valence-corrected chi connectivity index (χ0v) is 17.8. The maximum absolute atomic E-state index is 12.8. The van der Waals surface area contributed by atoms with Gasteiger partial charge in [-0.3, -0.25) is 4.79 Å². The summed E-state index contributed by atoms with van der Waals surface area (Å²) in [6.45, 7) is 1.86. The molecule has 0 spiro atoms. The summed E-state index contributed by atoms with van der Waals surface area (Å²) < 4.78 is 7.93. The second-order valence-electron chi connectivity index (χ2n) is 7.93. The van der Waals surface area contributed by atoms with Gasteiger partial charge < -0.3 is 19.9 Å². The van der Waals surface area contributed by atoms with Crippen molar-refractivity contribution in [1.29, 1.82) is 0 Å². The average Bonchev–Trinajstić information content (AvgIpc) is 3.25. The van der Waals surface area contributed by atoms with Crippen LogP contribution in [-0.2, 0) is 7.05 Å². The number of amides is 1. The van der Waals surface area contributed by atoms with Crippen LogP contribution in [0.5, 0.6) is 5.88 Å². The molecular formula is C24H24N6O2. The van der Waals surface area contributed by atoms with Gasteiger partial charge in [0, 0.05) is 42.0 Å². The van der Waals surface area contributed by atoms with E-state index in [0.29, 0.717) is 17.3 Å². The lowest BCUT2D eigenvalue weighted by Crippen LogP contribution is -2.34. The van der Waals surface area contributed by atoms with Crippen LogP contribution in [0.2, 0.25) is 0 Å². The lowest BCUT2D eigenvalue weighted by molar-refractivity contribution is 0.102. The van der Waals surface area contributed by atoms with E-state index in [1.54, 1.807) is 30.9 Å². The Morgan fingerprint density at radius 1 is 1.09 bits per heavy atom. The van der Waals surface area contributed by atoms with E-state index >= 15 is 0 Å². The van der Waals surface area contributed by atoms with E-state index in [1.165, 1.54) is 0 Å². The molecule has 4 aromatic rings. The predicted octanol–water partition coefficient (Wildman–Crippen LogP) is 3.41. The Balaban J connectivity index is 1.34. The van der Waals surface area contributed by atoms with E-state index < -0.39 is 0 Å². The summed E-state index contributed by atoms with van der Waals surface area (Å²) >= 11 is 0. The number of anilines is 1. The third kappa shape index (κ3) is 4.31. The highest BCUT2D eigenvalue weighted by Crippen LogP contribution is 2.25. The molecule has 0 unspecified atom stereocenters. The fourth-order valence-electron chi connectivity index (χ4n) is 3.89. The van der Waals surface area contributed by atoms with Crippen molar-refractivity contribution in [3.05, 3.63) is 66.9 Å². The molecule has 1 amide bonds. The molecule has 2 N–H and O–H groups in total. The van der Waals surface area contributed by atoms with Crippen LogP contribution in [0.15, 0.2) is 61.3 Å². The van der Waals surface area contributed by atoms with Gasteiger partial charge in [0.05, 0.1) is 18.2 Å². The van der Waals surface area contributed by atoms with E-state index in [4.69, 9.17) is 4.74 Å². The molecule has 1 aliphatic rings. The first-order chi connectivity index (χ1) is 15.7. The monoisotopic (exact) mass is 428 g/mol. The number of nitrogens with zero attached hydrogens (tertiary/aromatic N) is 4. The van der Waals surface area contributed by atoms with Gasteiger partial charge in [-0.1, -0.05) is 12.1 Å². The van der Waals surface area contributed by atoms with Crippen molar-refractivity contribution >= 4 is 22.5 Å². The first kappa shape index (κ1) is 20.1. The van der Waals surface area contributed by atoms with Crippen LogP contribution >= 0.6 is 0 Å². The van der Waals surface area contributed by atoms with Crippen molar-refractivity contribution in [3.8, 4) is 17.1 Å². The summed E-state index contributed by atoms with van der Waals surface area (Å²) in [5.41, 5.74) is 2.55. The second kappa shape index (κ2) is 8.76. The molecule has 1 saturated heterocycles. The van der Waals surface area contributed by atoms with Crippen LogP contribution in [0.1, 0.15) is 23.2 Å². The summed E-state index contributed by atoms with van der Waals surface area (Å²) in [6.07, 6.45) is 8.95. The minimum Gasteiger partial charge on any atom is -0.474 e. The van der Waals surface area contributed by atoms with Gasteiger partial charge in [-0.2, -0.15) is 0 Å². The van der Waals surface area contributed by atoms with Crippen molar-refractivity contribution in [2.75, 3.05) is 18.4 Å². The maximum atomic E-state index is 12.8. The van der Waals surface area contributed by atoms with Crippen molar-refractivity contribution in [2.45, 2.75) is 18.9 Å². The molecule has 0 radical (unpaired) electrons. The number of pyridine rings is 2. The number of nitrogens with one attached hydrogen (secondary N) is 2. The topological polar surface area (TPSA) is 94.0 Å². The van der Waals surface area contributed by atoms with Crippen LogP contribution in [0.4, 0.5) is 5.82 Å². The van der Waals surface area contributed by atoms with Gasteiger partial charge in [-0.15, -0.1) is 0 Å². The van der Waals surface area contributed by atoms with E-state index in [0.717, 1.165) is 48.0 Å². The van der Waals surface area contributed by atoms with Gasteiger partial charge in [-0.05, 0) is 49.5 Å². The number of aromatic nitrogens is 4. The second-order valence-corrected chi connectivity index (χ2v) is 7.93. The molecule has 3 aromatic heterocycles. The van der Waals surface area contributed by atoms with E-state index in [9.17, 15) is 4.79 Å². The molecule has 0 saturated carbocycles. The van der Waals surface area contributed by atoms with Crippen molar-refractivity contribution in [2.24, 2.45) is 7.05 Å². The largest absolute Gasteiger partial charge is 0.474 e. The molecule has 0 bridgehead atoms. The van der Waals surface area contributed by atoms with Gasteiger partial charge >= 0.3 is 0 Å². The third-order valence-electron chi connectivity index (χ3n) is 5.65. The Labute approximate surface area is 185 Å². The van der Waals surface area contributed by atoms with Crippen LogP contribution in [0.25, 0.3) is 22.0 Å². The van der Waals surface area contributed by atoms with Gasteiger partial charge in [0.25, 0.3) is 5.91 Å². The van der Waals surface area contributed by atoms with Crippen molar-refractivity contribution in [3.63, 3.8) is 0 Å². The lowest BCUT2D eigenvalue weighted by atomic mass is 10.1. The Hall–Kier alpha value is -3.78. The first-order valence-electron chi connectivity index (χ1n) is 10.7. The molecule has 1 aromatic carbocycles. The van der Waals surface area contributed by atoms with E-state index in [1.807, 2.05) is 36.0 Å². The molecule has 0 aliphatic carbocycles. The molecule has 0 atom stereocenters. The van der Waals surface area contributed by atoms with Crippen LogP contribution < -0.4 is 15.4 Å². The molecule has 1 fully saturated rings. The van der Waals surface area contributed by atoms with Crippen molar-refractivity contribution < 1.29 is 9.53 Å². The van der Waals surface area contributed by atoms with Gasteiger partial charge in [0.2, 0.25) is 5.88 Å². The number of rotatable bonds is 5. The minimum absolute atomic E-state index is 0.123. The highest BCUT2D eigenvalue weighted by atomic mass is 16.5. The number of aryl methyl sites for hydroxylation is 1. The summed E-state index contributed by atoms with van der Waals surface area (Å²) in [5, 5.41) is 8.17. The van der Waals surface area contributed by atoms with Crippen LogP contribution in [0, 0.1) is 0 Å². The summed E-state index contributed by atoms with van der Waals surface area (Å²) in [5.74, 6) is 0.705. The molecule has 4 heterocycles. The number of hydrogen-bond acceptors (Lipinski definition) is 6. The highest BCUT2D eigenvalue weighted by Gasteiger charge is 2.16.